The number of sulfonamides is 1. The van der Waals surface area contributed by atoms with Gasteiger partial charge in [-0.1, -0.05) is 6.07 Å². The van der Waals surface area contributed by atoms with Crippen LogP contribution < -0.4 is 5.32 Å². The number of nitrogens with zero attached hydrogens (tertiary/aromatic N) is 1. The smallest absolute Gasteiger partial charge is 0.243 e. The molecule has 2 rings (SSSR count). The van der Waals surface area contributed by atoms with E-state index in [4.69, 9.17) is 0 Å². The number of amides is 1. The molecule has 1 aromatic heterocycles. The van der Waals surface area contributed by atoms with Crippen molar-refractivity contribution in [2.24, 2.45) is 0 Å². The summed E-state index contributed by atoms with van der Waals surface area (Å²) in [5.41, 5.74) is 0.595. The van der Waals surface area contributed by atoms with Crippen LogP contribution in [0.1, 0.15) is 25.1 Å². The lowest BCUT2D eigenvalue weighted by Crippen LogP contribution is -2.33. The Morgan fingerprint density at radius 3 is 2.42 bits per heavy atom. The minimum atomic E-state index is -3.50. The molecule has 0 fully saturated rings. The molecule has 0 unspecified atom stereocenters. The van der Waals surface area contributed by atoms with Crippen LogP contribution in [0.15, 0.2) is 46.7 Å². The molecule has 1 heterocycles. The average Bonchev–Trinajstić information content (AvgIpc) is 3.06. The highest BCUT2D eigenvalue weighted by molar-refractivity contribution is 7.89. The first kappa shape index (κ1) is 18.6. The number of rotatable bonds is 7. The fourth-order valence-corrected chi connectivity index (χ4v) is 4.15. The van der Waals surface area contributed by atoms with E-state index in [1.165, 1.54) is 21.3 Å². The number of anilines is 1. The molecule has 1 N–H and O–H groups in total. The Morgan fingerprint density at radius 1 is 1.21 bits per heavy atom. The van der Waals surface area contributed by atoms with Gasteiger partial charge in [0.25, 0.3) is 0 Å². The maximum absolute atomic E-state index is 12.4. The normalized spacial score (nSPS) is 11.9. The summed E-state index contributed by atoms with van der Waals surface area (Å²) < 4.78 is 26.1. The van der Waals surface area contributed by atoms with Crippen LogP contribution in [0.4, 0.5) is 5.69 Å². The quantitative estimate of drug-likeness (QED) is 0.817. The number of hydrogen-bond acceptors (Lipinski definition) is 4. The molecule has 0 saturated carbocycles. The number of carbonyl (C=O) groups is 1. The van der Waals surface area contributed by atoms with Gasteiger partial charge in [0, 0.05) is 30.1 Å². The summed E-state index contributed by atoms with van der Waals surface area (Å²) in [6, 6.07) is 10.1. The SMILES string of the molecule is CC(C)N(C)S(=O)(=O)c1ccc(NC(=O)CCc2cccs2)cc1. The third-order valence-electron chi connectivity index (χ3n) is 3.72. The maximum Gasteiger partial charge on any atom is 0.243 e. The summed E-state index contributed by atoms with van der Waals surface area (Å²) in [5, 5.41) is 4.78. The van der Waals surface area contributed by atoms with E-state index in [2.05, 4.69) is 5.32 Å². The fraction of sp³-hybridized carbons (Fsp3) is 0.353. The van der Waals surface area contributed by atoms with Gasteiger partial charge in [-0.15, -0.1) is 11.3 Å². The third-order valence-corrected chi connectivity index (χ3v) is 6.70. The zero-order valence-corrected chi connectivity index (χ0v) is 15.7. The van der Waals surface area contributed by atoms with Gasteiger partial charge in [0.15, 0.2) is 0 Å². The zero-order chi connectivity index (χ0) is 17.7. The van der Waals surface area contributed by atoms with E-state index in [1.807, 2.05) is 31.4 Å². The standard InChI is InChI=1S/C17H22N2O3S2/c1-13(2)19(3)24(21,22)16-9-6-14(7-10-16)18-17(20)11-8-15-5-4-12-23-15/h4-7,9-10,12-13H,8,11H2,1-3H3,(H,18,20). The van der Waals surface area contributed by atoms with Crippen molar-refractivity contribution in [3.63, 3.8) is 0 Å². The van der Waals surface area contributed by atoms with Gasteiger partial charge in [-0.3, -0.25) is 4.79 Å². The van der Waals surface area contributed by atoms with Gasteiger partial charge in [-0.05, 0) is 56.0 Å². The molecule has 0 aliphatic heterocycles. The predicted molar refractivity (Wildman–Crippen MR) is 97.8 cm³/mol. The molecule has 5 nitrogen and oxygen atoms in total. The van der Waals surface area contributed by atoms with Crippen molar-refractivity contribution in [1.29, 1.82) is 0 Å². The summed E-state index contributed by atoms with van der Waals surface area (Å²) in [7, 11) is -1.95. The lowest BCUT2D eigenvalue weighted by molar-refractivity contribution is -0.116. The number of hydrogen-bond donors (Lipinski definition) is 1. The Kier molecular flexibility index (Phi) is 6.15. The van der Waals surface area contributed by atoms with Crippen molar-refractivity contribution in [2.75, 3.05) is 12.4 Å². The molecule has 0 spiro atoms. The highest BCUT2D eigenvalue weighted by Gasteiger charge is 2.22. The molecule has 0 bridgehead atoms. The Balaban J connectivity index is 1.98. The Bertz CT molecular complexity index is 767. The highest BCUT2D eigenvalue weighted by Crippen LogP contribution is 2.19. The largest absolute Gasteiger partial charge is 0.326 e. The first-order valence-corrected chi connectivity index (χ1v) is 10.0. The number of thiophene rings is 1. The van der Waals surface area contributed by atoms with E-state index in [0.29, 0.717) is 18.5 Å². The van der Waals surface area contributed by atoms with Crippen molar-refractivity contribution in [3.8, 4) is 0 Å². The van der Waals surface area contributed by atoms with E-state index in [9.17, 15) is 13.2 Å². The minimum absolute atomic E-state index is 0.0849. The van der Waals surface area contributed by atoms with Gasteiger partial charge in [-0.2, -0.15) is 4.31 Å². The van der Waals surface area contributed by atoms with Crippen LogP contribution in [0.5, 0.6) is 0 Å². The molecule has 130 valence electrons. The van der Waals surface area contributed by atoms with Crippen LogP contribution in [0.25, 0.3) is 0 Å². The van der Waals surface area contributed by atoms with Crippen LogP contribution in [0.2, 0.25) is 0 Å². The fourth-order valence-electron chi connectivity index (χ4n) is 2.07. The van der Waals surface area contributed by atoms with Gasteiger partial charge < -0.3 is 5.32 Å². The molecular formula is C17H22N2O3S2. The van der Waals surface area contributed by atoms with Crippen LogP contribution in [-0.4, -0.2) is 31.7 Å². The molecule has 0 aliphatic rings. The summed E-state index contributed by atoms with van der Waals surface area (Å²) in [5.74, 6) is -0.0849. The predicted octanol–water partition coefficient (Wildman–Crippen LogP) is 3.35. The van der Waals surface area contributed by atoms with E-state index < -0.39 is 10.0 Å². The zero-order valence-electron chi connectivity index (χ0n) is 14.0. The van der Waals surface area contributed by atoms with Crippen molar-refractivity contribution < 1.29 is 13.2 Å². The van der Waals surface area contributed by atoms with Crippen molar-refractivity contribution in [1.82, 2.24) is 4.31 Å². The van der Waals surface area contributed by atoms with Gasteiger partial charge in [0.1, 0.15) is 0 Å². The van der Waals surface area contributed by atoms with Crippen molar-refractivity contribution >= 4 is 33.0 Å². The highest BCUT2D eigenvalue weighted by atomic mass is 32.2. The van der Waals surface area contributed by atoms with E-state index in [1.54, 1.807) is 30.5 Å². The first-order chi connectivity index (χ1) is 11.3. The van der Waals surface area contributed by atoms with Gasteiger partial charge >= 0.3 is 0 Å². The molecule has 0 aliphatic carbocycles. The summed E-state index contributed by atoms with van der Waals surface area (Å²) >= 11 is 1.63. The molecule has 0 radical (unpaired) electrons. The second-order valence-corrected chi connectivity index (χ2v) is 8.80. The van der Waals surface area contributed by atoms with Gasteiger partial charge in [0.2, 0.25) is 15.9 Å². The first-order valence-electron chi connectivity index (χ1n) is 7.71. The monoisotopic (exact) mass is 366 g/mol. The molecule has 0 saturated heterocycles. The molecular weight excluding hydrogens is 344 g/mol. The van der Waals surface area contributed by atoms with E-state index in [0.717, 1.165) is 0 Å². The Morgan fingerprint density at radius 2 is 1.88 bits per heavy atom. The Labute approximate surface area is 147 Å². The second-order valence-electron chi connectivity index (χ2n) is 5.77. The average molecular weight is 367 g/mol. The molecule has 2 aromatic rings. The molecule has 24 heavy (non-hydrogen) atoms. The topological polar surface area (TPSA) is 66.5 Å². The molecule has 7 heteroatoms. The van der Waals surface area contributed by atoms with Crippen molar-refractivity contribution in [3.05, 3.63) is 46.7 Å². The van der Waals surface area contributed by atoms with Gasteiger partial charge in [0.05, 0.1) is 4.90 Å². The van der Waals surface area contributed by atoms with E-state index in [-0.39, 0.29) is 16.8 Å². The van der Waals surface area contributed by atoms with Crippen LogP contribution in [-0.2, 0) is 21.2 Å². The van der Waals surface area contributed by atoms with Crippen LogP contribution in [0.3, 0.4) is 0 Å². The molecule has 0 atom stereocenters. The Hall–Kier alpha value is -1.70. The summed E-state index contributed by atoms with van der Waals surface area (Å²) in [4.78, 5) is 13.3. The maximum atomic E-state index is 12.4. The number of aryl methyl sites for hydroxylation is 1. The summed E-state index contributed by atoms with van der Waals surface area (Å²) in [6.07, 6.45) is 1.10. The number of benzene rings is 1. The third kappa shape index (κ3) is 4.66. The molecule has 1 aromatic carbocycles. The molecule has 1 amide bonds. The lowest BCUT2D eigenvalue weighted by atomic mass is 10.2. The van der Waals surface area contributed by atoms with Gasteiger partial charge in [-0.25, -0.2) is 8.42 Å². The lowest BCUT2D eigenvalue weighted by Gasteiger charge is -2.21. The second kappa shape index (κ2) is 7.92. The number of nitrogens with one attached hydrogen (secondary N) is 1. The number of carbonyl (C=O) groups excluding carboxylic acids is 1. The van der Waals surface area contributed by atoms with Crippen LogP contribution in [0, 0.1) is 0 Å². The van der Waals surface area contributed by atoms with Crippen LogP contribution >= 0.6 is 11.3 Å². The minimum Gasteiger partial charge on any atom is -0.326 e. The van der Waals surface area contributed by atoms with E-state index >= 15 is 0 Å². The van der Waals surface area contributed by atoms with Crippen molar-refractivity contribution in [2.45, 2.75) is 37.6 Å². The summed E-state index contributed by atoms with van der Waals surface area (Å²) in [6.45, 7) is 3.64.